The lowest BCUT2D eigenvalue weighted by Gasteiger charge is -1.99. The topological polar surface area (TPSA) is 43.4 Å². The average molecular weight is 282 g/mol. The number of rotatable bonds is 2. The first-order valence-electron chi connectivity index (χ1n) is 6.43. The molecule has 0 aliphatic heterocycles. The van der Waals surface area contributed by atoms with Crippen molar-refractivity contribution in [3.8, 4) is 0 Å². The van der Waals surface area contributed by atoms with Gasteiger partial charge in [-0.25, -0.2) is 9.59 Å². The lowest BCUT2D eigenvalue weighted by Crippen LogP contribution is -2.12. The molecule has 0 saturated heterocycles. The van der Waals surface area contributed by atoms with E-state index in [1.165, 1.54) is 24.6 Å². The smallest absolute Gasteiger partial charge is 0.340 e. The molecular formula is C18H18O3. The number of carbonyl (C=O) groups excluding carboxylic acids is 2. The summed E-state index contributed by atoms with van der Waals surface area (Å²) in [7, 11) is 0. The third kappa shape index (κ3) is 5.45. The summed E-state index contributed by atoms with van der Waals surface area (Å²) in [6.45, 7) is 9.55. The van der Waals surface area contributed by atoms with Gasteiger partial charge in [-0.15, -0.1) is 0 Å². The average Bonchev–Trinajstić information content (AvgIpc) is 2.47. The second-order valence-electron chi connectivity index (χ2n) is 4.58. The molecule has 0 radical (unpaired) electrons. The summed E-state index contributed by atoms with van der Waals surface area (Å²) in [5, 5.41) is 2.62. The monoisotopic (exact) mass is 282 g/mol. The molecular weight excluding hydrogens is 264 g/mol. The van der Waals surface area contributed by atoms with E-state index in [4.69, 9.17) is 0 Å². The predicted molar refractivity (Wildman–Crippen MR) is 84.7 cm³/mol. The molecule has 0 atom stereocenters. The van der Waals surface area contributed by atoms with Gasteiger partial charge in [-0.1, -0.05) is 61.7 Å². The summed E-state index contributed by atoms with van der Waals surface area (Å²) >= 11 is 0. The maximum atomic E-state index is 10.7. The van der Waals surface area contributed by atoms with E-state index in [-0.39, 0.29) is 11.1 Å². The normalized spacial score (nSPS) is 9.24. The van der Waals surface area contributed by atoms with Crippen LogP contribution >= 0.6 is 0 Å². The summed E-state index contributed by atoms with van der Waals surface area (Å²) in [5.41, 5.74) is 0.388. The van der Waals surface area contributed by atoms with E-state index in [0.29, 0.717) is 0 Å². The SMILES string of the molecule is C=C(C)C(=O)OC(=O)C(=C)C.c1ccc2ccccc2c1. The van der Waals surface area contributed by atoms with Crippen molar-refractivity contribution in [2.75, 3.05) is 0 Å². The summed E-state index contributed by atoms with van der Waals surface area (Å²) in [5.74, 6) is -1.42. The third-order valence-electron chi connectivity index (χ3n) is 2.54. The summed E-state index contributed by atoms with van der Waals surface area (Å²) < 4.78 is 4.30. The number of carbonyl (C=O) groups is 2. The highest BCUT2D eigenvalue weighted by atomic mass is 16.6. The van der Waals surface area contributed by atoms with Gasteiger partial charge in [-0.3, -0.25) is 0 Å². The zero-order valence-corrected chi connectivity index (χ0v) is 12.3. The van der Waals surface area contributed by atoms with Crippen molar-refractivity contribution in [3.05, 3.63) is 72.8 Å². The summed E-state index contributed by atoms with van der Waals surface area (Å²) in [6, 6.07) is 16.7. The molecule has 2 aromatic rings. The van der Waals surface area contributed by atoms with Crippen LogP contribution in [0.3, 0.4) is 0 Å². The van der Waals surface area contributed by atoms with Crippen molar-refractivity contribution in [2.24, 2.45) is 0 Å². The predicted octanol–water partition coefficient (Wildman–Crippen LogP) is 4.05. The van der Waals surface area contributed by atoms with Gasteiger partial charge in [0.05, 0.1) is 0 Å². The van der Waals surface area contributed by atoms with Gasteiger partial charge in [0.2, 0.25) is 0 Å². The van der Waals surface area contributed by atoms with Crippen molar-refractivity contribution < 1.29 is 14.3 Å². The number of esters is 2. The second kappa shape index (κ2) is 7.80. The molecule has 0 N–H and O–H groups in total. The molecule has 0 amide bonds. The molecule has 3 heteroatoms. The molecule has 0 aliphatic carbocycles. The molecule has 2 rings (SSSR count). The van der Waals surface area contributed by atoms with Crippen molar-refractivity contribution in [2.45, 2.75) is 13.8 Å². The van der Waals surface area contributed by atoms with Crippen LogP contribution in [0.2, 0.25) is 0 Å². The number of hydrogen-bond acceptors (Lipinski definition) is 3. The highest BCUT2D eigenvalue weighted by Crippen LogP contribution is 2.11. The number of benzene rings is 2. The van der Waals surface area contributed by atoms with Gasteiger partial charge in [-0.2, -0.15) is 0 Å². The largest absolute Gasteiger partial charge is 0.386 e. The minimum Gasteiger partial charge on any atom is -0.386 e. The molecule has 0 saturated carbocycles. The van der Waals surface area contributed by atoms with E-state index in [1.807, 2.05) is 0 Å². The first-order valence-corrected chi connectivity index (χ1v) is 6.43. The molecule has 0 unspecified atom stereocenters. The van der Waals surface area contributed by atoms with Crippen molar-refractivity contribution in [3.63, 3.8) is 0 Å². The van der Waals surface area contributed by atoms with Gasteiger partial charge in [0, 0.05) is 11.1 Å². The molecule has 0 aliphatic rings. The standard InChI is InChI=1S/C10H8.C8H10O3/c1-2-6-10-8-4-3-7-9(10)5-1;1-5(2)7(9)11-8(10)6(3)4/h1-8H;1,3H2,2,4H3. The van der Waals surface area contributed by atoms with Gasteiger partial charge in [-0.05, 0) is 24.6 Å². The Morgan fingerprint density at radius 1 is 0.762 bits per heavy atom. The Labute approximate surface area is 124 Å². The quantitative estimate of drug-likeness (QED) is 0.474. The van der Waals surface area contributed by atoms with Crippen LogP contribution in [-0.2, 0) is 14.3 Å². The highest BCUT2D eigenvalue weighted by molar-refractivity contribution is 6.00. The van der Waals surface area contributed by atoms with E-state index < -0.39 is 11.9 Å². The van der Waals surface area contributed by atoms with Gasteiger partial charge < -0.3 is 4.74 Å². The number of hydrogen-bond donors (Lipinski definition) is 0. The van der Waals surface area contributed by atoms with Crippen LogP contribution in [0.5, 0.6) is 0 Å². The molecule has 2 aromatic carbocycles. The summed E-state index contributed by atoms with van der Waals surface area (Å²) in [4.78, 5) is 21.3. The minimum absolute atomic E-state index is 0.194. The van der Waals surface area contributed by atoms with E-state index in [2.05, 4.69) is 66.4 Å². The maximum absolute atomic E-state index is 10.7. The van der Waals surface area contributed by atoms with E-state index in [0.717, 1.165) is 0 Å². The zero-order valence-electron chi connectivity index (χ0n) is 12.3. The van der Waals surface area contributed by atoms with Crippen LogP contribution < -0.4 is 0 Å². The number of fused-ring (bicyclic) bond motifs is 1. The fraction of sp³-hybridized carbons (Fsp3) is 0.111. The lowest BCUT2D eigenvalue weighted by atomic mass is 10.1. The molecule has 0 bridgehead atoms. The molecule has 108 valence electrons. The van der Waals surface area contributed by atoms with Crippen LogP contribution in [0.1, 0.15) is 13.8 Å². The first kappa shape index (κ1) is 16.4. The Bertz CT molecular complexity index is 594. The van der Waals surface area contributed by atoms with E-state index in [1.54, 1.807) is 0 Å². The second-order valence-corrected chi connectivity index (χ2v) is 4.58. The van der Waals surface area contributed by atoms with Crippen LogP contribution in [0.15, 0.2) is 72.8 Å². The third-order valence-corrected chi connectivity index (χ3v) is 2.54. The zero-order chi connectivity index (χ0) is 15.8. The molecule has 21 heavy (non-hydrogen) atoms. The van der Waals surface area contributed by atoms with Crippen LogP contribution in [0, 0.1) is 0 Å². The lowest BCUT2D eigenvalue weighted by molar-refractivity contribution is -0.153. The molecule has 0 fully saturated rings. The molecule has 0 aromatic heterocycles. The van der Waals surface area contributed by atoms with Crippen LogP contribution in [0.4, 0.5) is 0 Å². The minimum atomic E-state index is -0.710. The molecule has 3 nitrogen and oxygen atoms in total. The van der Waals surface area contributed by atoms with E-state index >= 15 is 0 Å². The van der Waals surface area contributed by atoms with Crippen molar-refractivity contribution >= 4 is 22.7 Å². The summed E-state index contributed by atoms with van der Waals surface area (Å²) in [6.07, 6.45) is 0. The van der Waals surface area contributed by atoms with E-state index in [9.17, 15) is 9.59 Å². The Morgan fingerprint density at radius 3 is 1.29 bits per heavy atom. The van der Waals surface area contributed by atoms with Gasteiger partial charge in [0.25, 0.3) is 0 Å². The van der Waals surface area contributed by atoms with Crippen molar-refractivity contribution in [1.29, 1.82) is 0 Å². The Balaban J connectivity index is 0.000000210. The van der Waals surface area contributed by atoms with Gasteiger partial charge >= 0.3 is 11.9 Å². The Kier molecular flexibility index (Phi) is 6.08. The maximum Gasteiger partial charge on any atom is 0.340 e. The van der Waals surface area contributed by atoms with Gasteiger partial charge in [0.1, 0.15) is 0 Å². The fourth-order valence-electron chi connectivity index (χ4n) is 1.39. The van der Waals surface area contributed by atoms with Crippen LogP contribution in [0.25, 0.3) is 10.8 Å². The van der Waals surface area contributed by atoms with Crippen molar-refractivity contribution in [1.82, 2.24) is 0 Å². The fourth-order valence-corrected chi connectivity index (χ4v) is 1.39. The Hall–Kier alpha value is -2.68. The number of ether oxygens (including phenoxy) is 1. The molecule has 0 spiro atoms. The van der Waals surface area contributed by atoms with Gasteiger partial charge in [0.15, 0.2) is 0 Å². The Morgan fingerprint density at radius 2 is 1.05 bits per heavy atom. The molecule has 0 heterocycles. The first-order chi connectivity index (χ1) is 9.91. The van der Waals surface area contributed by atoms with Crippen LogP contribution in [-0.4, -0.2) is 11.9 Å². The highest BCUT2D eigenvalue weighted by Gasteiger charge is 2.10.